The first-order valence-corrected chi connectivity index (χ1v) is 12.6. The van der Waals surface area contributed by atoms with Crippen molar-refractivity contribution in [3.63, 3.8) is 0 Å². The van der Waals surface area contributed by atoms with E-state index in [9.17, 15) is 41.0 Å². The lowest BCUT2D eigenvalue weighted by molar-refractivity contribution is -0.150. The smallest absolute Gasteiger partial charge is 0.416 e. The normalized spacial score (nSPS) is 12.6. The number of amides is 1. The van der Waals surface area contributed by atoms with Crippen LogP contribution in [0.25, 0.3) is 0 Å². The molecule has 0 aliphatic heterocycles. The fraction of sp³-hybridized carbons (Fsp3) is 0.481. The SMILES string of the molecule is CCOC(Cc1ccc(OCCN(CCCCCC(F)(F)F)C(=O)Oc2ccc(C(F)(F)F)cc2)cc1)C(=O)O. The predicted octanol–water partition coefficient (Wildman–Crippen LogP) is 6.74. The molecule has 13 heteroatoms. The summed E-state index contributed by atoms with van der Waals surface area (Å²) < 4.78 is 91.5. The molecule has 0 spiro atoms. The molecule has 0 heterocycles. The summed E-state index contributed by atoms with van der Waals surface area (Å²) >= 11 is 0. The average Bonchev–Trinajstić information content (AvgIpc) is 2.87. The van der Waals surface area contributed by atoms with Crippen LogP contribution in [-0.2, 0) is 22.1 Å². The molecule has 1 N–H and O–H groups in total. The van der Waals surface area contributed by atoms with Crippen LogP contribution in [-0.4, -0.2) is 60.7 Å². The van der Waals surface area contributed by atoms with E-state index in [2.05, 4.69) is 0 Å². The van der Waals surface area contributed by atoms with E-state index in [0.717, 1.165) is 24.3 Å². The molecule has 2 rings (SSSR count). The number of carbonyl (C=O) groups excluding carboxylic acids is 1. The molecule has 2 aromatic carbocycles. The summed E-state index contributed by atoms with van der Waals surface area (Å²) in [4.78, 5) is 25.2. The Bertz CT molecular complexity index is 1060. The number of ether oxygens (including phenoxy) is 3. The largest absolute Gasteiger partial charge is 0.492 e. The van der Waals surface area contributed by atoms with Crippen molar-refractivity contribution >= 4 is 12.1 Å². The van der Waals surface area contributed by atoms with Gasteiger partial charge in [-0.15, -0.1) is 0 Å². The Morgan fingerprint density at radius 3 is 2.05 bits per heavy atom. The number of benzene rings is 2. The molecular weight excluding hydrogens is 548 g/mol. The van der Waals surface area contributed by atoms with Crippen molar-refractivity contribution in [1.29, 1.82) is 0 Å². The first-order chi connectivity index (χ1) is 18.8. The second-order valence-electron chi connectivity index (χ2n) is 8.78. The third-order valence-electron chi connectivity index (χ3n) is 5.65. The number of carboxylic acid groups (broad SMARTS) is 1. The van der Waals surface area contributed by atoms with Gasteiger partial charge in [0.1, 0.15) is 18.1 Å². The van der Waals surface area contributed by atoms with Crippen molar-refractivity contribution in [2.45, 2.75) is 57.5 Å². The van der Waals surface area contributed by atoms with Gasteiger partial charge in [0.05, 0.1) is 12.1 Å². The number of hydrogen-bond acceptors (Lipinski definition) is 5. The molecule has 1 atom stereocenters. The lowest BCUT2D eigenvalue weighted by Crippen LogP contribution is -2.37. The van der Waals surface area contributed by atoms with Crippen LogP contribution in [0, 0.1) is 0 Å². The minimum absolute atomic E-state index is 0.00802. The maximum atomic E-state index is 12.8. The number of hydrogen-bond donors (Lipinski definition) is 1. The topological polar surface area (TPSA) is 85.3 Å². The van der Waals surface area contributed by atoms with E-state index in [1.807, 2.05) is 0 Å². The van der Waals surface area contributed by atoms with Crippen LogP contribution < -0.4 is 9.47 Å². The molecule has 0 bridgehead atoms. The maximum absolute atomic E-state index is 12.8. The molecule has 1 unspecified atom stereocenters. The number of aliphatic carboxylic acids is 1. The zero-order chi connectivity index (χ0) is 29.8. The highest BCUT2D eigenvalue weighted by atomic mass is 19.4. The molecule has 40 heavy (non-hydrogen) atoms. The summed E-state index contributed by atoms with van der Waals surface area (Å²) in [6.07, 6.45) is -11.2. The molecule has 2 aromatic rings. The van der Waals surface area contributed by atoms with E-state index >= 15 is 0 Å². The minimum Gasteiger partial charge on any atom is -0.492 e. The third kappa shape index (κ3) is 12.1. The van der Waals surface area contributed by atoms with Gasteiger partial charge in [0.25, 0.3) is 0 Å². The molecule has 0 aromatic heterocycles. The molecule has 0 aliphatic rings. The molecule has 0 saturated carbocycles. The quantitative estimate of drug-likeness (QED) is 0.186. The summed E-state index contributed by atoms with van der Waals surface area (Å²) in [5.41, 5.74) is -0.210. The summed E-state index contributed by atoms with van der Waals surface area (Å²) in [6.45, 7) is 1.97. The number of halogens is 6. The van der Waals surface area contributed by atoms with Gasteiger partial charge in [-0.05, 0) is 61.7 Å². The molecule has 0 aliphatic carbocycles. The van der Waals surface area contributed by atoms with Gasteiger partial charge >= 0.3 is 24.4 Å². The second kappa shape index (κ2) is 15.3. The maximum Gasteiger partial charge on any atom is 0.416 e. The average molecular weight is 580 g/mol. The highest BCUT2D eigenvalue weighted by molar-refractivity contribution is 5.72. The zero-order valence-electron chi connectivity index (χ0n) is 21.8. The molecule has 0 saturated heterocycles. The van der Waals surface area contributed by atoms with E-state index in [1.54, 1.807) is 31.2 Å². The number of rotatable bonds is 15. The van der Waals surface area contributed by atoms with Crippen LogP contribution in [0.2, 0.25) is 0 Å². The molecular formula is C27H31F6NO6. The monoisotopic (exact) mass is 579 g/mol. The van der Waals surface area contributed by atoms with Crippen molar-refractivity contribution in [3.05, 3.63) is 59.7 Å². The van der Waals surface area contributed by atoms with Gasteiger partial charge in [-0.3, -0.25) is 0 Å². The highest BCUT2D eigenvalue weighted by Gasteiger charge is 2.30. The van der Waals surface area contributed by atoms with Crippen molar-refractivity contribution < 1.29 is 55.2 Å². The molecule has 222 valence electrons. The Morgan fingerprint density at radius 2 is 1.50 bits per heavy atom. The summed E-state index contributed by atoms with van der Waals surface area (Å²) in [6, 6.07) is 10.1. The van der Waals surface area contributed by atoms with Gasteiger partial charge in [-0.1, -0.05) is 18.6 Å². The summed E-state index contributed by atoms with van der Waals surface area (Å²) in [5.74, 6) is -0.777. The first-order valence-electron chi connectivity index (χ1n) is 12.6. The zero-order valence-corrected chi connectivity index (χ0v) is 21.8. The van der Waals surface area contributed by atoms with Gasteiger partial charge in [0.15, 0.2) is 6.10 Å². The standard InChI is InChI=1S/C27H31F6NO6/c1-2-38-23(24(35)36)18-19-6-10-21(11-7-19)39-17-16-34(15-5-3-4-14-26(28,29)30)25(37)40-22-12-8-20(9-13-22)27(31,32)33/h6-13,23H,2-5,14-18H2,1H3,(H,35,36). The van der Waals surface area contributed by atoms with E-state index in [1.165, 1.54) is 4.90 Å². The Kier molecular flexibility index (Phi) is 12.6. The van der Waals surface area contributed by atoms with Crippen molar-refractivity contribution in [2.24, 2.45) is 0 Å². The van der Waals surface area contributed by atoms with Crippen molar-refractivity contribution in [3.8, 4) is 11.5 Å². The van der Waals surface area contributed by atoms with Crippen LogP contribution in [0.1, 0.15) is 43.7 Å². The highest BCUT2D eigenvalue weighted by Crippen LogP contribution is 2.30. The van der Waals surface area contributed by atoms with Crippen LogP contribution in [0.15, 0.2) is 48.5 Å². The van der Waals surface area contributed by atoms with Crippen LogP contribution in [0.5, 0.6) is 11.5 Å². The summed E-state index contributed by atoms with van der Waals surface area (Å²) in [7, 11) is 0. The number of carbonyl (C=O) groups is 2. The van der Waals surface area contributed by atoms with Gasteiger partial charge in [0.2, 0.25) is 0 Å². The van der Waals surface area contributed by atoms with Crippen LogP contribution in [0.3, 0.4) is 0 Å². The predicted molar refractivity (Wildman–Crippen MR) is 132 cm³/mol. The van der Waals surface area contributed by atoms with Gasteiger partial charge in [0, 0.05) is 26.0 Å². The number of unbranched alkanes of at least 4 members (excludes halogenated alkanes) is 2. The van der Waals surface area contributed by atoms with Crippen molar-refractivity contribution in [2.75, 3.05) is 26.3 Å². The number of nitrogens with zero attached hydrogens (tertiary/aromatic N) is 1. The van der Waals surface area contributed by atoms with E-state index in [-0.39, 0.29) is 57.7 Å². The van der Waals surface area contributed by atoms with E-state index < -0.39 is 42.5 Å². The lowest BCUT2D eigenvalue weighted by Gasteiger charge is -2.22. The second-order valence-corrected chi connectivity index (χ2v) is 8.78. The third-order valence-corrected chi connectivity index (χ3v) is 5.65. The Labute approximate surface area is 227 Å². The van der Waals surface area contributed by atoms with Crippen molar-refractivity contribution in [1.82, 2.24) is 4.90 Å². The first kappa shape index (κ1) is 32.7. The fourth-order valence-electron chi connectivity index (χ4n) is 3.60. The molecule has 0 fully saturated rings. The van der Waals surface area contributed by atoms with Gasteiger partial charge < -0.3 is 24.2 Å². The van der Waals surface area contributed by atoms with Crippen LogP contribution in [0.4, 0.5) is 31.1 Å². The summed E-state index contributed by atoms with van der Waals surface area (Å²) in [5, 5.41) is 9.21. The Balaban J connectivity index is 1.96. The Morgan fingerprint density at radius 1 is 0.875 bits per heavy atom. The molecule has 1 amide bonds. The molecule has 0 radical (unpaired) electrons. The van der Waals surface area contributed by atoms with E-state index in [4.69, 9.17) is 14.2 Å². The number of carboxylic acids is 1. The minimum atomic E-state index is -4.55. The number of alkyl halides is 6. The van der Waals surface area contributed by atoms with Gasteiger partial charge in [-0.25, -0.2) is 9.59 Å². The Hall–Kier alpha value is -3.48. The fourth-order valence-corrected chi connectivity index (χ4v) is 3.60. The van der Waals surface area contributed by atoms with Crippen LogP contribution >= 0.6 is 0 Å². The molecule has 7 nitrogen and oxygen atoms in total. The lowest BCUT2D eigenvalue weighted by atomic mass is 10.1. The van der Waals surface area contributed by atoms with E-state index in [0.29, 0.717) is 11.3 Å². The van der Waals surface area contributed by atoms with Gasteiger partial charge in [-0.2, -0.15) is 26.3 Å².